The molecular weight excluding hydrogens is 448 g/mol. The van der Waals surface area contributed by atoms with Gasteiger partial charge < -0.3 is 9.72 Å². The summed E-state index contributed by atoms with van der Waals surface area (Å²) in [5.74, 6) is 1.45. The number of ether oxygens (including phenoxy) is 1. The second-order valence-electron chi connectivity index (χ2n) is 7.70. The molecule has 0 aliphatic carbocycles. The Kier molecular flexibility index (Phi) is 5.61. The lowest BCUT2D eigenvalue weighted by Crippen LogP contribution is -2.18. The summed E-state index contributed by atoms with van der Waals surface area (Å²) in [7, 11) is -0.461. The molecule has 0 fully saturated rings. The summed E-state index contributed by atoms with van der Waals surface area (Å²) >= 11 is 0. The van der Waals surface area contributed by atoms with E-state index in [1.165, 1.54) is 7.05 Å². The van der Waals surface area contributed by atoms with Crippen LogP contribution in [0.4, 0.5) is 0 Å². The molecule has 5 aromatic rings. The predicted molar refractivity (Wildman–Crippen MR) is 133 cm³/mol. The van der Waals surface area contributed by atoms with Crippen molar-refractivity contribution in [1.82, 2.24) is 19.7 Å². The number of methoxy groups -OCH3 is 1. The summed E-state index contributed by atoms with van der Waals surface area (Å²) in [6, 6.07) is 22.6. The molecule has 0 unspecified atom stereocenters. The first-order chi connectivity index (χ1) is 16.5. The van der Waals surface area contributed by atoms with E-state index in [0.717, 1.165) is 44.6 Å². The Bertz CT molecular complexity index is 1580. The predicted octanol–water partition coefficient (Wildman–Crippen LogP) is 4.88. The van der Waals surface area contributed by atoms with Gasteiger partial charge in [0.15, 0.2) is 0 Å². The number of nitrogens with zero attached hydrogens (tertiary/aromatic N) is 2. The molecule has 0 amide bonds. The first-order valence-corrected chi connectivity index (χ1v) is 12.1. The highest BCUT2D eigenvalue weighted by Crippen LogP contribution is 2.35. The van der Waals surface area contributed by atoms with Crippen LogP contribution in [0.15, 0.2) is 90.1 Å². The first kappa shape index (κ1) is 21.8. The number of hydrogen-bond donors (Lipinski definition) is 2. The average Bonchev–Trinajstić information content (AvgIpc) is 3.34. The lowest BCUT2D eigenvalue weighted by Gasteiger charge is -2.07. The van der Waals surface area contributed by atoms with E-state index in [-0.39, 0.29) is 4.90 Å². The molecule has 0 saturated carbocycles. The molecule has 0 radical (unpaired) electrons. The van der Waals surface area contributed by atoms with Crippen LogP contribution >= 0.6 is 0 Å². The average molecular weight is 471 g/mol. The van der Waals surface area contributed by atoms with Crippen LogP contribution in [0.1, 0.15) is 0 Å². The van der Waals surface area contributed by atoms with Gasteiger partial charge in [-0.3, -0.25) is 4.98 Å². The Morgan fingerprint density at radius 2 is 1.50 bits per heavy atom. The molecule has 0 aliphatic heterocycles. The van der Waals surface area contributed by atoms with E-state index in [9.17, 15) is 8.42 Å². The van der Waals surface area contributed by atoms with E-state index >= 15 is 0 Å². The highest BCUT2D eigenvalue weighted by molar-refractivity contribution is 7.89. The van der Waals surface area contributed by atoms with Crippen LogP contribution in [0.5, 0.6) is 5.75 Å². The molecule has 2 aromatic heterocycles. The van der Waals surface area contributed by atoms with Crippen LogP contribution in [-0.2, 0) is 10.0 Å². The minimum atomic E-state index is -3.51. The second kappa shape index (κ2) is 8.74. The van der Waals surface area contributed by atoms with Crippen LogP contribution < -0.4 is 9.46 Å². The Balaban J connectivity index is 1.63. The van der Waals surface area contributed by atoms with Gasteiger partial charge in [-0.1, -0.05) is 18.2 Å². The van der Waals surface area contributed by atoms with Crippen molar-refractivity contribution in [2.75, 3.05) is 14.2 Å². The number of aromatic nitrogens is 3. The highest BCUT2D eigenvalue weighted by Gasteiger charge is 2.17. The maximum atomic E-state index is 12.1. The first-order valence-electron chi connectivity index (χ1n) is 10.6. The lowest BCUT2D eigenvalue weighted by molar-refractivity contribution is 0.415. The number of hydrogen-bond acceptors (Lipinski definition) is 5. The zero-order valence-corrected chi connectivity index (χ0v) is 19.4. The quantitative estimate of drug-likeness (QED) is 0.369. The van der Waals surface area contributed by atoms with Crippen molar-refractivity contribution in [2.45, 2.75) is 4.90 Å². The smallest absolute Gasteiger partial charge is 0.240 e. The van der Waals surface area contributed by atoms with E-state index in [1.807, 2.05) is 36.4 Å². The molecule has 2 N–H and O–H groups in total. The third kappa shape index (κ3) is 4.05. The molecule has 34 heavy (non-hydrogen) atoms. The number of imidazole rings is 1. The number of rotatable bonds is 6. The van der Waals surface area contributed by atoms with Gasteiger partial charge in [0.2, 0.25) is 10.0 Å². The van der Waals surface area contributed by atoms with Gasteiger partial charge in [-0.15, -0.1) is 0 Å². The fourth-order valence-corrected chi connectivity index (χ4v) is 4.58. The SMILES string of the molecule is CNS(=O)(=O)c1ccc(-c2nc(-c3ccncc3)c(-c3ccc4cc(OC)ccc4c3)[nH]2)cc1. The molecule has 2 heterocycles. The number of nitrogens with one attached hydrogen (secondary N) is 2. The van der Waals surface area contributed by atoms with E-state index in [0.29, 0.717) is 5.82 Å². The Morgan fingerprint density at radius 3 is 2.21 bits per heavy atom. The van der Waals surface area contributed by atoms with E-state index in [2.05, 4.69) is 26.8 Å². The summed E-state index contributed by atoms with van der Waals surface area (Å²) in [6.07, 6.45) is 3.47. The number of fused-ring (bicyclic) bond motifs is 1. The molecular formula is C26H22N4O3S. The van der Waals surface area contributed by atoms with E-state index in [4.69, 9.17) is 9.72 Å². The molecule has 0 spiro atoms. The van der Waals surface area contributed by atoms with Crippen molar-refractivity contribution >= 4 is 20.8 Å². The van der Waals surface area contributed by atoms with Gasteiger partial charge in [0.1, 0.15) is 11.6 Å². The van der Waals surface area contributed by atoms with Crippen molar-refractivity contribution in [2.24, 2.45) is 0 Å². The summed E-state index contributed by atoms with van der Waals surface area (Å²) in [5, 5.41) is 2.16. The molecule has 8 heteroatoms. The third-order valence-electron chi connectivity index (χ3n) is 5.70. The zero-order valence-electron chi connectivity index (χ0n) is 18.6. The van der Waals surface area contributed by atoms with Gasteiger partial charge in [0.05, 0.1) is 23.4 Å². The van der Waals surface area contributed by atoms with Crippen molar-refractivity contribution in [3.05, 3.63) is 85.2 Å². The number of benzene rings is 3. The van der Waals surface area contributed by atoms with Crippen LogP contribution in [0.3, 0.4) is 0 Å². The fourth-order valence-electron chi connectivity index (χ4n) is 3.85. The maximum absolute atomic E-state index is 12.1. The fraction of sp³-hybridized carbons (Fsp3) is 0.0769. The number of aromatic amines is 1. The van der Waals surface area contributed by atoms with Gasteiger partial charge in [0.25, 0.3) is 0 Å². The van der Waals surface area contributed by atoms with Gasteiger partial charge in [-0.2, -0.15) is 0 Å². The van der Waals surface area contributed by atoms with Crippen LogP contribution in [0.2, 0.25) is 0 Å². The van der Waals surface area contributed by atoms with Crippen LogP contribution in [0, 0.1) is 0 Å². The van der Waals surface area contributed by atoms with E-state index < -0.39 is 10.0 Å². The second-order valence-corrected chi connectivity index (χ2v) is 9.59. The number of H-pyrrole nitrogens is 1. The summed E-state index contributed by atoms with van der Waals surface area (Å²) < 4.78 is 31.8. The monoisotopic (exact) mass is 470 g/mol. The standard InChI is InChI=1S/C26H22N4O3S/c1-27-34(31,32)23-9-6-18(7-10-23)26-29-24(17-11-13-28-14-12-17)25(30-26)21-4-3-20-16-22(33-2)8-5-19(20)15-21/h3-16,27H,1-2H3,(H,29,30). The topological polar surface area (TPSA) is 97.0 Å². The van der Waals surface area contributed by atoms with E-state index in [1.54, 1.807) is 43.8 Å². The Morgan fingerprint density at radius 1 is 0.824 bits per heavy atom. The minimum Gasteiger partial charge on any atom is -0.497 e. The summed E-state index contributed by atoms with van der Waals surface area (Å²) in [6.45, 7) is 0. The Labute approximate surface area is 197 Å². The van der Waals surface area contributed by atoms with Crippen molar-refractivity contribution in [3.8, 4) is 39.7 Å². The molecule has 3 aromatic carbocycles. The normalized spacial score (nSPS) is 11.6. The van der Waals surface area contributed by atoms with Gasteiger partial charge >= 0.3 is 0 Å². The molecule has 0 saturated heterocycles. The molecule has 0 aliphatic rings. The number of pyridine rings is 1. The largest absolute Gasteiger partial charge is 0.497 e. The maximum Gasteiger partial charge on any atom is 0.240 e. The number of sulfonamides is 1. The Hall–Kier alpha value is -4.01. The van der Waals surface area contributed by atoms with Crippen LogP contribution in [0.25, 0.3) is 44.7 Å². The summed E-state index contributed by atoms with van der Waals surface area (Å²) in [4.78, 5) is 12.7. The minimum absolute atomic E-state index is 0.199. The molecule has 7 nitrogen and oxygen atoms in total. The lowest BCUT2D eigenvalue weighted by atomic mass is 10.0. The third-order valence-corrected chi connectivity index (χ3v) is 7.13. The van der Waals surface area contributed by atoms with Crippen molar-refractivity contribution in [1.29, 1.82) is 0 Å². The summed E-state index contributed by atoms with van der Waals surface area (Å²) in [5.41, 5.74) is 4.35. The van der Waals surface area contributed by atoms with Crippen molar-refractivity contribution in [3.63, 3.8) is 0 Å². The molecule has 5 rings (SSSR count). The van der Waals surface area contributed by atoms with Gasteiger partial charge in [0, 0.05) is 29.1 Å². The van der Waals surface area contributed by atoms with Gasteiger partial charge in [-0.25, -0.2) is 18.1 Å². The molecule has 0 atom stereocenters. The van der Waals surface area contributed by atoms with Gasteiger partial charge in [-0.05, 0) is 72.4 Å². The molecule has 0 bridgehead atoms. The molecule has 170 valence electrons. The zero-order chi connectivity index (χ0) is 23.7. The van der Waals surface area contributed by atoms with Crippen LogP contribution in [-0.4, -0.2) is 37.5 Å². The highest BCUT2D eigenvalue weighted by atomic mass is 32.2. The van der Waals surface area contributed by atoms with Crippen molar-refractivity contribution < 1.29 is 13.2 Å².